The average Bonchev–Trinajstić information content (AvgIpc) is 2.97. The van der Waals surface area contributed by atoms with Gasteiger partial charge >= 0.3 is 11.9 Å². The summed E-state index contributed by atoms with van der Waals surface area (Å²) in [5.41, 5.74) is 0. The van der Waals surface area contributed by atoms with Gasteiger partial charge < -0.3 is 9.84 Å². The molecule has 0 heterocycles. The van der Waals surface area contributed by atoms with E-state index in [1.807, 2.05) is 0 Å². The zero-order chi connectivity index (χ0) is 30.8. The first-order valence-electron chi connectivity index (χ1n) is 18.3. The van der Waals surface area contributed by atoms with E-state index in [2.05, 4.69) is 38.2 Å². The van der Waals surface area contributed by atoms with Gasteiger partial charge in [-0.3, -0.25) is 9.59 Å². The standard InChI is InChI=1S/C38H70O4/c1-3-5-7-8-9-10-11-12-13-14-15-16-17-18-19-20-21-22-23-24-25-26-31-35-38(41)42-36(32-28-6-4-2)33-29-27-30-34-37(39)40/h11-12,14-15,36H,3-10,13,16-35H2,1-2H3,(H,39,40)/b12-11-,15-14-. The number of esters is 1. The molecule has 0 amide bonds. The Kier molecular flexibility index (Phi) is 32.6. The molecule has 0 aromatic rings. The van der Waals surface area contributed by atoms with Gasteiger partial charge in [-0.2, -0.15) is 0 Å². The molecule has 0 fully saturated rings. The van der Waals surface area contributed by atoms with Crippen LogP contribution in [0.2, 0.25) is 0 Å². The van der Waals surface area contributed by atoms with Crippen molar-refractivity contribution in [3.63, 3.8) is 0 Å². The van der Waals surface area contributed by atoms with Crippen molar-refractivity contribution >= 4 is 11.9 Å². The summed E-state index contributed by atoms with van der Waals surface area (Å²) in [5, 5.41) is 8.78. The van der Waals surface area contributed by atoms with Gasteiger partial charge in [0, 0.05) is 12.8 Å². The number of carbonyl (C=O) groups excluding carboxylic acids is 1. The number of carboxylic acids is 1. The van der Waals surface area contributed by atoms with Crippen molar-refractivity contribution in [2.45, 2.75) is 206 Å². The van der Waals surface area contributed by atoms with Gasteiger partial charge in [-0.25, -0.2) is 0 Å². The van der Waals surface area contributed by atoms with E-state index in [4.69, 9.17) is 9.84 Å². The predicted octanol–water partition coefficient (Wildman–Crippen LogP) is 12.4. The maximum absolute atomic E-state index is 12.4. The van der Waals surface area contributed by atoms with E-state index < -0.39 is 5.97 Å². The zero-order valence-corrected chi connectivity index (χ0v) is 28.1. The highest BCUT2D eigenvalue weighted by atomic mass is 16.5. The van der Waals surface area contributed by atoms with Gasteiger partial charge in [-0.1, -0.05) is 141 Å². The molecule has 0 bridgehead atoms. The molecule has 0 aliphatic rings. The van der Waals surface area contributed by atoms with Gasteiger partial charge in [0.15, 0.2) is 0 Å². The molecule has 1 atom stereocenters. The van der Waals surface area contributed by atoms with Crippen molar-refractivity contribution in [3.05, 3.63) is 24.3 Å². The van der Waals surface area contributed by atoms with Gasteiger partial charge in [0.2, 0.25) is 0 Å². The Hall–Kier alpha value is -1.58. The first-order valence-corrected chi connectivity index (χ1v) is 18.3. The number of hydrogen-bond donors (Lipinski definition) is 1. The normalized spacial score (nSPS) is 12.4. The summed E-state index contributed by atoms with van der Waals surface area (Å²) in [6.45, 7) is 4.46. The highest BCUT2D eigenvalue weighted by molar-refractivity contribution is 5.69. The van der Waals surface area contributed by atoms with Gasteiger partial charge in [-0.15, -0.1) is 0 Å². The molecule has 0 aromatic carbocycles. The van der Waals surface area contributed by atoms with Gasteiger partial charge in [0.25, 0.3) is 0 Å². The summed E-state index contributed by atoms with van der Waals surface area (Å²) >= 11 is 0. The molecule has 0 radical (unpaired) electrons. The van der Waals surface area contributed by atoms with E-state index >= 15 is 0 Å². The van der Waals surface area contributed by atoms with E-state index in [0.29, 0.717) is 12.8 Å². The van der Waals surface area contributed by atoms with Crippen molar-refractivity contribution in [1.82, 2.24) is 0 Å². The zero-order valence-electron chi connectivity index (χ0n) is 28.1. The minimum Gasteiger partial charge on any atom is -0.481 e. The van der Waals surface area contributed by atoms with Crippen LogP contribution in [-0.4, -0.2) is 23.1 Å². The van der Waals surface area contributed by atoms with Crippen LogP contribution < -0.4 is 0 Å². The largest absolute Gasteiger partial charge is 0.481 e. The first kappa shape index (κ1) is 40.4. The molecule has 246 valence electrons. The molecular weight excluding hydrogens is 520 g/mol. The lowest BCUT2D eigenvalue weighted by atomic mass is 10.0. The quantitative estimate of drug-likeness (QED) is 0.0469. The van der Waals surface area contributed by atoms with Crippen molar-refractivity contribution < 1.29 is 19.4 Å². The van der Waals surface area contributed by atoms with Gasteiger partial charge in [-0.05, 0) is 70.6 Å². The molecule has 4 nitrogen and oxygen atoms in total. The second-order valence-corrected chi connectivity index (χ2v) is 12.4. The number of ether oxygens (including phenoxy) is 1. The van der Waals surface area contributed by atoms with Crippen molar-refractivity contribution in [2.75, 3.05) is 0 Å². The van der Waals surface area contributed by atoms with Gasteiger partial charge in [0.05, 0.1) is 0 Å². The van der Waals surface area contributed by atoms with Crippen molar-refractivity contribution in [1.29, 1.82) is 0 Å². The number of rotatable bonds is 33. The van der Waals surface area contributed by atoms with E-state index in [1.165, 1.54) is 109 Å². The number of carbonyl (C=O) groups is 2. The lowest BCUT2D eigenvalue weighted by Crippen LogP contribution is -2.18. The van der Waals surface area contributed by atoms with E-state index in [0.717, 1.165) is 57.8 Å². The minimum absolute atomic E-state index is 0.00677. The molecule has 1 N–H and O–H groups in total. The number of unbranched alkanes of at least 4 members (excludes halogenated alkanes) is 20. The summed E-state index contributed by atoms with van der Waals surface area (Å²) in [6.07, 6.45) is 42.3. The molecule has 1 unspecified atom stereocenters. The average molecular weight is 591 g/mol. The Morgan fingerprint density at radius 1 is 0.524 bits per heavy atom. The fourth-order valence-corrected chi connectivity index (χ4v) is 5.45. The van der Waals surface area contributed by atoms with Crippen LogP contribution in [0.15, 0.2) is 24.3 Å². The van der Waals surface area contributed by atoms with Crippen molar-refractivity contribution in [2.24, 2.45) is 0 Å². The van der Waals surface area contributed by atoms with E-state index in [1.54, 1.807) is 0 Å². The second-order valence-electron chi connectivity index (χ2n) is 12.4. The molecule has 0 spiro atoms. The molecule has 0 rings (SSSR count). The summed E-state index contributed by atoms with van der Waals surface area (Å²) in [4.78, 5) is 23.0. The van der Waals surface area contributed by atoms with Gasteiger partial charge in [0.1, 0.15) is 6.10 Å². The summed E-state index contributed by atoms with van der Waals surface area (Å²) in [7, 11) is 0. The lowest BCUT2D eigenvalue weighted by Gasteiger charge is -2.18. The SMILES string of the molecule is CCCCCCC/C=C\C/C=C\CCCCCCCCCCCCCC(=O)OC(CCCCC)CCCCCC(=O)O. The fourth-order valence-electron chi connectivity index (χ4n) is 5.45. The number of carboxylic acid groups (broad SMARTS) is 1. The fraction of sp³-hybridized carbons (Fsp3) is 0.842. The van der Waals surface area contributed by atoms with E-state index in [9.17, 15) is 9.59 Å². The third kappa shape index (κ3) is 32.9. The molecule has 42 heavy (non-hydrogen) atoms. The third-order valence-electron chi connectivity index (χ3n) is 8.18. The topological polar surface area (TPSA) is 63.6 Å². The molecule has 0 aliphatic heterocycles. The Bertz CT molecular complexity index is 639. The Balaban J connectivity index is 3.57. The molecule has 0 saturated carbocycles. The van der Waals surface area contributed by atoms with Crippen LogP contribution in [0.4, 0.5) is 0 Å². The van der Waals surface area contributed by atoms with Crippen LogP contribution in [0.25, 0.3) is 0 Å². The maximum atomic E-state index is 12.4. The highest BCUT2D eigenvalue weighted by Gasteiger charge is 2.14. The van der Waals surface area contributed by atoms with Crippen LogP contribution in [-0.2, 0) is 14.3 Å². The molecule has 0 aromatic heterocycles. The number of allylic oxidation sites excluding steroid dienone is 4. The first-order chi connectivity index (χ1) is 20.6. The molecule has 0 aliphatic carbocycles. The number of aliphatic carboxylic acids is 1. The molecular formula is C38H70O4. The smallest absolute Gasteiger partial charge is 0.306 e. The van der Waals surface area contributed by atoms with Crippen LogP contribution in [0.1, 0.15) is 200 Å². The Morgan fingerprint density at radius 3 is 1.45 bits per heavy atom. The van der Waals surface area contributed by atoms with Crippen LogP contribution in [0, 0.1) is 0 Å². The third-order valence-corrected chi connectivity index (χ3v) is 8.18. The second kappa shape index (κ2) is 33.9. The molecule has 0 saturated heterocycles. The lowest BCUT2D eigenvalue weighted by molar-refractivity contribution is -0.150. The molecule has 4 heteroatoms. The summed E-state index contributed by atoms with van der Waals surface area (Å²) in [5.74, 6) is -0.773. The van der Waals surface area contributed by atoms with Crippen LogP contribution in [0.5, 0.6) is 0 Å². The van der Waals surface area contributed by atoms with Crippen LogP contribution in [0.3, 0.4) is 0 Å². The highest BCUT2D eigenvalue weighted by Crippen LogP contribution is 2.17. The monoisotopic (exact) mass is 591 g/mol. The predicted molar refractivity (Wildman–Crippen MR) is 181 cm³/mol. The maximum Gasteiger partial charge on any atom is 0.306 e. The number of hydrogen-bond acceptors (Lipinski definition) is 3. The summed E-state index contributed by atoms with van der Waals surface area (Å²) < 4.78 is 5.81. The van der Waals surface area contributed by atoms with Crippen LogP contribution >= 0.6 is 0 Å². The summed E-state index contributed by atoms with van der Waals surface area (Å²) in [6, 6.07) is 0. The van der Waals surface area contributed by atoms with Crippen molar-refractivity contribution in [3.8, 4) is 0 Å². The Labute approximate surface area is 261 Å². The minimum atomic E-state index is -0.729. The van der Waals surface area contributed by atoms with E-state index in [-0.39, 0.29) is 18.5 Å². The Morgan fingerprint density at radius 2 is 0.929 bits per heavy atom.